The van der Waals surface area contributed by atoms with E-state index in [9.17, 15) is 14.9 Å². The summed E-state index contributed by atoms with van der Waals surface area (Å²) in [5, 5.41) is 9.18. The first-order valence-electron chi connectivity index (χ1n) is 9.36. The van der Waals surface area contributed by atoms with Gasteiger partial charge in [-0.3, -0.25) is 9.59 Å². The molecule has 0 atom stereocenters. The molecule has 1 aliphatic rings. The van der Waals surface area contributed by atoms with Crippen molar-refractivity contribution in [3.05, 3.63) is 59.2 Å². The second-order valence-corrected chi connectivity index (χ2v) is 6.61. The number of nitriles is 1. The lowest BCUT2D eigenvalue weighted by Crippen LogP contribution is -2.49. The van der Waals surface area contributed by atoms with E-state index in [0.29, 0.717) is 55.2 Å². The summed E-state index contributed by atoms with van der Waals surface area (Å²) < 4.78 is 5.58. The molecule has 0 unspecified atom stereocenters. The van der Waals surface area contributed by atoms with Gasteiger partial charge in [-0.15, -0.1) is 0 Å². The summed E-state index contributed by atoms with van der Waals surface area (Å²) in [6, 6.07) is 14.5. The zero-order valence-electron chi connectivity index (χ0n) is 16.1. The molecule has 2 aromatic rings. The van der Waals surface area contributed by atoms with Gasteiger partial charge >= 0.3 is 0 Å². The van der Waals surface area contributed by atoms with Crippen molar-refractivity contribution in [2.75, 3.05) is 37.7 Å². The molecule has 0 aromatic heterocycles. The second-order valence-electron chi connectivity index (χ2n) is 6.61. The summed E-state index contributed by atoms with van der Waals surface area (Å²) in [6.45, 7) is 6.18. The molecule has 1 aliphatic heterocycles. The normalized spacial score (nSPS) is 13.8. The summed E-state index contributed by atoms with van der Waals surface area (Å²) in [6.07, 6.45) is 0. The lowest BCUT2D eigenvalue weighted by molar-refractivity contribution is 0.0742. The number of benzene rings is 2. The number of para-hydroxylation sites is 1. The van der Waals surface area contributed by atoms with Gasteiger partial charge in [-0.25, -0.2) is 0 Å². The maximum atomic E-state index is 12.9. The Labute approximate surface area is 164 Å². The van der Waals surface area contributed by atoms with Crippen molar-refractivity contribution in [2.45, 2.75) is 13.8 Å². The third-order valence-electron chi connectivity index (χ3n) is 4.83. The molecule has 0 saturated carbocycles. The molecule has 144 valence electrons. The van der Waals surface area contributed by atoms with Crippen LogP contribution in [0.3, 0.4) is 0 Å². The first-order valence-corrected chi connectivity index (χ1v) is 9.36. The molecular weight excluding hydrogens is 354 g/mol. The van der Waals surface area contributed by atoms with E-state index in [1.807, 2.05) is 19.1 Å². The number of hydrogen-bond donors (Lipinski definition) is 0. The highest BCUT2D eigenvalue weighted by Gasteiger charge is 2.26. The number of hydrogen-bond acceptors (Lipinski definition) is 5. The molecule has 0 bridgehead atoms. The van der Waals surface area contributed by atoms with Gasteiger partial charge in [-0.05, 0) is 44.2 Å². The number of carbonyl (C=O) groups excluding carboxylic acids is 2. The fourth-order valence-corrected chi connectivity index (χ4v) is 3.41. The van der Waals surface area contributed by atoms with Gasteiger partial charge in [0.25, 0.3) is 5.91 Å². The molecule has 2 aromatic carbocycles. The maximum absolute atomic E-state index is 12.9. The van der Waals surface area contributed by atoms with Gasteiger partial charge in [0.15, 0.2) is 5.78 Å². The van der Waals surface area contributed by atoms with Crippen LogP contribution in [0.4, 0.5) is 5.69 Å². The number of rotatable bonds is 5. The lowest BCUT2D eigenvalue weighted by Gasteiger charge is -2.37. The van der Waals surface area contributed by atoms with Crippen molar-refractivity contribution < 1.29 is 14.3 Å². The molecule has 1 fully saturated rings. The lowest BCUT2D eigenvalue weighted by atomic mass is 10.0. The van der Waals surface area contributed by atoms with Gasteiger partial charge in [0.05, 0.1) is 23.8 Å². The van der Waals surface area contributed by atoms with Gasteiger partial charge < -0.3 is 14.5 Å². The topological polar surface area (TPSA) is 73.6 Å². The highest BCUT2D eigenvalue weighted by Crippen LogP contribution is 2.26. The molecule has 28 heavy (non-hydrogen) atoms. The Kier molecular flexibility index (Phi) is 5.95. The molecule has 0 radical (unpaired) electrons. The predicted molar refractivity (Wildman–Crippen MR) is 107 cm³/mol. The first-order chi connectivity index (χ1) is 13.5. The third-order valence-corrected chi connectivity index (χ3v) is 4.83. The van der Waals surface area contributed by atoms with E-state index in [-0.39, 0.29) is 11.7 Å². The van der Waals surface area contributed by atoms with Gasteiger partial charge in [0, 0.05) is 37.4 Å². The largest absolute Gasteiger partial charge is 0.493 e. The third kappa shape index (κ3) is 3.99. The van der Waals surface area contributed by atoms with Crippen LogP contribution in [0.1, 0.15) is 40.1 Å². The Hall–Kier alpha value is -3.33. The Balaban J connectivity index is 1.76. The van der Waals surface area contributed by atoms with Gasteiger partial charge in [0.1, 0.15) is 5.75 Å². The molecule has 1 saturated heterocycles. The standard InChI is InChI=1S/C22H23N3O3/c1-3-28-21-7-5-4-6-19(21)22(27)25-12-10-24(11-13-25)20-14-17(15-23)8-9-18(20)16(2)26/h4-9,14H,3,10-13H2,1-2H3. The van der Waals surface area contributed by atoms with Crippen LogP contribution in [-0.2, 0) is 0 Å². The SMILES string of the molecule is CCOc1ccccc1C(=O)N1CCN(c2cc(C#N)ccc2C(C)=O)CC1. The monoisotopic (exact) mass is 377 g/mol. The number of carbonyl (C=O) groups is 2. The molecule has 0 aliphatic carbocycles. The van der Waals surface area contributed by atoms with E-state index in [1.54, 1.807) is 35.2 Å². The number of ketones is 1. The fourth-order valence-electron chi connectivity index (χ4n) is 3.41. The van der Waals surface area contributed by atoms with Crippen molar-refractivity contribution in [1.82, 2.24) is 4.90 Å². The minimum Gasteiger partial charge on any atom is -0.493 e. The van der Waals surface area contributed by atoms with E-state index in [0.717, 1.165) is 5.69 Å². The van der Waals surface area contributed by atoms with Crippen molar-refractivity contribution in [3.8, 4) is 11.8 Å². The van der Waals surface area contributed by atoms with E-state index in [1.165, 1.54) is 6.92 Å². The van der Waals surface area contributed by atoms with Gasteiger partial charge in [0.2, 0.25) is 0 Å². The zero-order valence-corrected chi connectivity index (χ0v) is 16.1. The smallest absolute Gasteiger partial charge is 0.257 e. The summed E-state index contributed by atoms with van der Waals surface area (Å²) in [5.41, 5.74) is 2.44. The molecule has 0 N–H and O–H groups in total. The number of Topliss-reactive ketones (excluding diaryl/α,β-unsaturated/α-hetero) is 1. The van der Waals surface area contributed by atoms with E-state index >= 15 is 0 Å². The molecule has 1 heterocycles. The molecule has 0 spiro atoms. The summed E-state index contributed by atoms with van der Waals surface area (Å²) in [7, 11) is 0. The highest BCUT2D eigenvalue weighted by molar-refractivity contribution is 6.00. The number of nitrogens with zero attached hydrogens (tertiary/aromatic N) is 3. The van der Waals surface area contributed by atoms with Crippen molar-refractivity contribution in [2.24, 2.45) is 0 Å². The molecule has 6 nitrogen and oxygen atoms in total. The van der Waals surface area contributed by atoms with E-state index in [4.69, 9.17) is 4.74 Å². The Bertz CT molecular complexity index is 925. The summed E-state index contributed by atoms with van der Waals surface area (Å²) in [5.74, 6) is 0.503. The number of piperazine rings is 1. The Morgan fingerprint density at radius 2 is 1.79 bits per heavy atom. The summed E-state index contributed by atoms with van der Waals surface area (Å²) in [4.78, 5) is 28.8. The minimum atomic E-state index is -0.0544. The maximum Gasteiger partial charge on any atom is 0.257 e. The predicted octanol–water partition coefficient (Wildman–Crippen LogP) is 3.12. The van der Waals surface area contributed by atoms with Crippen LogP contribution >= 0.6 is 0 Å². The number of ether oxygens (including phenoxy) is 1. The molecular formula is C22H23N3O3. The van der Waals surface area contributed by atoms with Crippen molar-refractivity contribution in [3.63, 3.8) is 0 Å². The van der Waals surface area contributed by atoms with Crippen LogP contribution in [0, 0.1) is 11.3 Å². The van der Waals surface area contributed by atoms with Crippen LogP contribution in [-0.4, -0.2) is 49.4 Å². The minimum absolute atomic E-state index is 0.0383. The fraction of sp³-hybridized carbons (Fsp3) is 0.318. The molecule has 1 amide bonds. The van der Waals surface area contributed by atoms with Gasteiger partial charge in [-0.2, -0.15) is 5.26 Å². The Morgan fingerprint density at radius 3 is 2.43 bits per heavy atom. The molecule has 3 rings (SSSR count). The molecule has 6 heteroatoms. The number of anilines is 1. The average molecular weight is 377 g/mol. The quantitative estimate of drug-likeness (QED) is 0.749. The van der Waals surface area contributed by atoms with Crippen LogP contribution in [0.25, 0.3) is 0 Å². The zero-order chi connectivity index (χ0) is 20.1. The van der Waals surface area contributed by atoms with Crippen LogP contribution < -0.4 is 9.64 Å². The van der Waals surface area contributed by atoms with E-state index in [2.05, 4.69) is 11.0 Å². The first kappa shape index (κ1) is 19.4. The highest BCUT2D eigenvalue weighted by atomic mass is 16.5. The van der Waals surface area contributed by atoms with Crippen LogP contribution in [0.5, 0.6) is 5.75 Å². The second kappa shape index (κ2) is 8.57. The Morgan fingerprint density at radius 1 is 1.07 bits per heavy atom. The van der Waals surface area contributed by atoms with Crippen molar-refractivity contribution in [1.29, 1.82) is 5.26 Å². The average Bonchev–Trinajstić information content (AvgIpc) is 2.73. The van der Waals surface area contributed by atoms with Crippen LogP contribution in [0.15, 0.2) is 42.5 Å². The van der Waals surface area contributed by atoms with Gasteiger partial charge in [-0.1, -0.05) is 12.1 Å². The van der Waals surface area contributed by atoms with Crippen molar-refractivity contribution >= 4 is 17.4 Å². The van der Waals surface area contributed by atoms with Crippen LogP contribution in [0.2, 0.25) is 0 Å². The summed E-state index contributed by atoms with van der Waals surface area (Å²) >= 11 is 0. The number of amides is 1. The van der Waals surface area contributed by atoms with E-state index < -0.39 is 0 Å².